The molecule has 2 aliphatic heterocycles. The molecule has 0 aliphatic carbocycles. The summed E-state index contributed by atoms with van der Waals surface area (Å²) in [6, 6.07) is 21.7. The summed E-state index contributed by atoms with van der Waals surface area (Å²) in [6.07, 6.45) is 1.00. The van der Waals surface area contributed by atoms with Crippen LogP contribution in [0.2, 0.25) is 0 Å². The van der Waals surface area contributed by atoms with Crippen molar-refractivity contribution in [1.82, 2.24) is 10.2 Å². The first kappa shape index (κ1) is 23.8. The molecule has 7 heteroatoms. The molecular weight excluding hydrogens is 452 g/mol. The zero-order valence-corrected chi connectivity index (χ0v) is 20.4. The van der Waals surface area contributed by atoms with Gasteiger partial charge in [0.15, 0.2) is 0 Å². The van der Waals surface area contributed by atoms with E-state index in [1.807, 2.05) is 54.3 Å². The van der Waals surface area contributed by atoms with E-state index in [0.717, 1.165) is 30.6 Å². The molecule has 1 fully saturated rings. The van der Waals surface area contributed by atoms with E-state index in [0.29, 0.717) is 35.6 Å². The molecular formula is C29H30N4O3. The van der Waals surface area contributed by atoms with E-state index < -0.39 is 6.04 Å². The van der Waals surface area contributed by atoms with Crippen LogP contribution < -0.4 is 15.5 Å². The molecule has 36 heavy (non-hydrogen) atoms. The highest BCUT2D eigenvalue weighted by Gasteiger charge is 2.34. The Kier molecular flexibility index (Phi) is 6.82. The van der Waals surface area contributed by atoms with Crippen LogP contribution in [0.4, 0.5) is 11.4 Å². The van der Waals surface area contributed by atoms with Crippen LogP contribution in [-0.4, -0.2) is 48.8 Å². The maximum Gasteiger partial charge on any atom is 0.258 e. The highest BCUT2D eigenvalue weighted by Crippen LogP contribution is 2.40. The quantitative estimate of drug-likeness (QED) is 0.587. The number of hydrogen-bond acceptors (Lipinski definition) is 4. The number of carbonyl (C=O) groups excluding carboxylic acids is 3. The van der Waals surface area contributed by atoms with Gasteiger partial charge >= 0.3 is 0 Å². The fraction of sp³-hybridized carbons (Fsp3) is 0.276. The number of carbonyl (C=O) groups is 3. The third-order valence-corrected chi connectivity index (χ3v) is 6.80. The molecule has 0 saturated carbocycles. The minimum absolute atomic E-state index is 0.0731. The molecule has 3 aromatic carbocycles. The van der Waals surface area contributed by atoms with Crippen LogP contribution in [0.25, 0.3) is 0 Å². The van der Waals surface area contributed by atoms with Crippen molar-refractivity contribution in [3.63, 3.8) is 0 Å². The molecule has 2 N–H and O–H groups in total. The second kappa shape index (κ2) is 10.3. The molecule has 7 nitrogen and oxygen atoms in total. The third-order valence-electron chi connectivity index (χ3n) is 6.80. The van der Waals surface area contributed by atoms with E-state index in [1.165, 1.54) is 0 Å². The van der Waals surface area contributed by atoms with Crippen LogP contribution >= 0.6 is 0 Å². The summed E-state index contributed by atoms with van der Waals surface area (Å²) in [5.74, 6) is -0.471. The highest BCUT2D eigenvalue weighted by atomic mass is 16.2. The normalized spacial score (nSPS) is 18.0. The molecule has 0 radical (unpaired) electrons. The summed E-state index contributed by atoms with van der Waals surface area (Å²) in [4.78, 5) is 43.8. The number of anilines is 2. The topological polar surface area (TPSA) is 81.8 Å². The largest absolute Gasteiger partial charge is 0.337 e. The van der Waals surface area contributed by atoms with Crippen LogP contribution in [0, 0.1) is 6.92 Å². The minimum Gasteiger partial charge on any atom is -0.337 e. The molecule has 0 aromatic heterocycles. The fourth-order valence-electron chi connectivity index (χ4n) is 4.87. The van der Waals surface area contributed by atoms with Gasteiger partial charge in [-0.25, -0.2) is 0 Å². The molecule has 2 aliphatic rings. The Morgan fingerprint density at radius 1 is 0.861 bits per heavy atom. The maximum atomic E-state index is 13.9. The van der Waals surface area contributed by atoms with E-state index in [2.05, 4.69) is 10.6 Å². The van der Waals surface area contributed by atoms with Crippen molar-refractivity contribution < 1.29 is 14.4 Å². The first-order chi connectivity index (χ1) is 17.5. The number of aryl methyl sites for hydroxylation is 1. The zero-order chi connectivity index (χ0) is 25.1. The Balaban J connectivity index is 1.58. The average molecular weight is 483 g/mol. The Labute approximate surface area is 211 Å². The van der Waals surface area contributed by atoms with Crippen molar-refractivity contribution in [2.75, 3.05) is 36.4 Å². The van der Waals surface area contributed by atoms with Gasteiger partial charge in [-0.2, -0.15) is 0 Å². The lowest BCUT2D eigenvalue weighted by Crippen LogP contribution is -2.35. The molecule has 0 spiro atoms. The molecule has 0 bridgehead atoms. The van der Waals surface area contributed by atoms with Gasteiger partial charge in [-0.15, -0.1) is 0 Å². The van der Waals surface area contributed by atoms with Crippen molar-refractivity contribution in [2.24, 2.45) is 0 Å². The highest BCUT2D eigenvalue weighted by molar-refractivity contribution is 6.12. The van der Waals surface area contributed by atoms with Crippen molar-refractivity contribution in [3.05, 3.63) is 95.1 Å². The van der Waals surface area contributed by atoms with Gasteiger partial charge in [0.1, 0.15) is 0 Å². The van der Waals surface area contributed by atoms with Crippen LogP contribution in [0.5, 0.6) is 0 Å². The lowest BCUT2D eigenvalue weighted by atomic mass is 9.99. The Morgan fingerprint density at radius 2 is 1.64 bits per heavy atom. The third kappa shape index (κ3) is 4.88. The van der Waals surface area contributed by atoms with Gasteiger partial charge in [0.2, 0.25) is 5.91 Å². The lowest BCUT2D eigenvalue weighted by molar-refractivity contribution is -0.116. The van der Waals surface area contributed by atoms with E-state index in [4.69, 9.17) is 0 Å². The molecule has 5 rings (SSSR count). The summed E-state index contributed by atoms with van der Waals surface area (Å²) in [5.41, 5.74) is 4.06. The van der Waals surface area contributed by atoms with E-state index in [1.54, 1.807) is 35.2 Å². The fourth-order valence-corrected chi connectivity index (χ4v) is 4.87. The second-order valence-electron chi connectivity index (χ2n) is 9.35. The molecule has 2 heterocycles. The number of fused-ring (bicyclic) bond motifs is 1. The van der Waals surface area contributed by atoms with Crippen molar-refractivity contribution in [3.8, 4) is 0 Å². The van der Waals surface area contributed by atoms with Crippen LogP contribution in [0.15, 0.2) is 72.8 Å². The van der Waals surface area contributed by atoms with Crippen molar-refractivity contribution >= 4 is 29.1 Å². The smallest absolute Gasteiger partial charge is 0.258 e. The first-order valence-electron chi connectivity index (χ1n) is 12.4. The molecule has 3 amide bonds. The molecule has 3 aromatic rings. The standard InChI is InChI=1S/C29H30N4O3/c1-20-8-10-21(11-9-20)26-19-27(34)31-24-18-23(28(35)32-16-5-14-30-15-17-32)12-13-25(24)33(26)29(36)22-6-3-2-4-7-22/h2-4,6-13,18,26,30H,5,14-17,19H2,1H3,(H,31,34). The Morgan fingerprint density at radius 3 is 2.42 bits per heavy atom. The SMILES string of the molecule is Cc1ccc(C2CC(=O)Nc3cc(C(=O)N4CCCNCC4)ccc3N2C(=O)c2ccccc2)cc1. The Bertz CT molecular complexity index is 1270. The lowest BCUT2D eigenvalue weighted by Gasteiger charge is -2.31. The number of nitrogens with one attached hydrogen (secondary N) is 2. The minimum atomic E-state index is -0.488. The van der Waals surface area contributed by atoms with Crippen LogP contribution in [0.3, 0.4) is 0 Å². The Hall–Kier alpha value is -3.97. The van der Waals surface area contributed by atoms with Gasteiger partial charge in [0.05, 0.1) is 23.8 Å². The average Bonchev–Trinajstić information content (AvgIpc) is 3.26. The molecule has 184 valence electrons. The number of amides is 3. The summed E-state index contributed by atoms with van der Waals surface area (Å²) in [6.45, 7) is 4.97. The number of rotatable bonds is 3. The summed E-state index contributed by atoms with van der Waals surface area (Å²) >= 11 is 0. The van der Waals surface area contributed by atoms with Gasteiger partial charge in [-0.3, -0.25) is 19.3 Å². The summed E-state index contributed by atoms with van der Waals surface area (Å²) < 4.78 is 0. The van der Waals surface area contributed by atoms with Crippen molar-refractivity contribution in [1.29, 1.82) is 0 Å². The second-order valence-corrected chi connectivity index (χ2v) is 9.35. The summed E-state index contributed by atoms with van der Waals surface area (Å²) in [5, 5.41) is 6.27. The molecule has 1 unspecified atom stereocenters. The van der Waals surface area contributed by atoms with Crippen LogP contribution in [0.1, 0.15) is 50.7 Å². The van der Waals surface area contributed by atoms with Crippen molar-refractivity contribution in [2.45, 2.75) is 25.8 Å². The van der Waals surface area contributed by atoms with E-state index in [9.17, 15) is 14.4 Å². The van der Waals surface area contributed by atoms with Gasteiger partial charge in [-0.05, 0) is 55.8 Å². The van der Waals surface area contributed by atoms with Gasteiger partial charge < -0.3 is 15.5 Å². The molecule has 1 saturated heterocycles. The molecule has 1 atom stereocenters. The monoisotopic (exact) mass is 482 g/mol. The predicted octanol–water partition coefficient (Wildman–Crippen LogP) is 4.16. The number of nitrogens with zero attached hydrogens (tertiary/aromatic N) is 2. The van der Waals surface area contributed by atoms with Gasteiger partial charge in [0, 0.05) is 30.8 Å². The van der Waals surface area contributed by atoms with Gasteiger partial charge in [-0.1, -0.05) is 48.0 Å². The number of benzene rings is 3. The zero-order valence-electron chi connectivity index (χ0n) is 20.4. The van der Waals surface area contributed by atoms with Crippen LogP contribution in [-0.2, 0) is 4.79 Å². The maximum absolute atomic E-state index is 13.9. The van der Waals surface area contributed by atoms with E-state index in [-0.39, 0.29) is 24.1 Å². The van der Waals surface area contributed by atoms with E-state index >= 15 is 0 Å². The van der Waals surface area contributed by atoms with Gasteiger partial charge in [0.25, 0.3) is 11.8 Å². The number of hydrogen-bond donors (Lipinski definition) is 2. The summed E-state index contributed by atoms with van der Waals surface area (Å²) in [7, 11) is 0. The first-order valence-corrected chi connectivity index (χ1v) is 12.4. The predicted molar refractivity (Wildman–Crippen MR) is 140 cm³/mol.